The third kappa shape index (κ3) is 0.153. The monoisotopic (exact) mass is 548 g/mol. The zero-order valence-electron chi connectivity index (χ0n) is 19.5. The molecule has 4 heteroatoms. The molecule has 2 spiro atoms. The number of hydrogen-bond acceptors (Lipinski definition) is 2. The fourth-order valence-electron chi connectivity index (χ4n) is 35.3. The molecule has 178 valence electrons. The van der Waals surface area contributed by atoms with Crippen LogP contribution in [-0.2, 0) is 13.0 Å². The van der Waals surface area contributed by atoms with Crippen molar-refractivity contribution in [1.29, 1.82) is 0 Å². The average Bonchev–Trinajstić information content (AvgIpc) is 3.80. The Balaban J connectivity index is 0.959. The van der Waals surface area contributed by atoms with Crippen molar-refractivity contribution in [2.75, 3.05) is 0 Å². The first-order valence-corrected chi connectivity index (χ1v) is 28.0. The molecule has 2 nitrogen and oxygen atoms in total. The van der Waals surface area contributed by atoms with E-state index in [0.29, 0.717) is 8.87 Å². The van der Waals surface area contributed by atoms with Crippen molar-refractivity contribution in [2.45, 2.75) is 95.6 Å². The summed E-state index contributed by atoms with van der Waals surface area (Å²) >= 11 is 0. The summed E-state index contributed by atoms with van der Waals surface area (Å²) in [6, 6.07) is 14.4. The van der Waals surface area contributed by atoms with Crippen molar-refractivity contribution in [1.82, 2.24) is 0 Å². The van der Waals surface area contributed by atoms with Crippen LogP contribution in [0.2, 0.25) is 86.7 Å². The van der Waals surface area contributed by atoms with E-state index in [4.69, 9.17) is 9.98 Å². The SMILES string of the molecule is c1cc2c3c(cccc3c1)C(=N[C]13[CH]4[CH]5[CH]6[CH]1[Fe]56431789[CH]3[CH]1[CH]7[CH]8[CH]39)C2=N[C]12[CH]3[CH]4[CH]5[CH]1[Fe]45321678[CH]2[CH]1[CH]6[CH]7[CH]28. The number of aliphatic imine (C=N–C) groups is 2. The van der Waals surface area contributed by atoms with E-state index < -0.39 is 13.0 Å². The first-order chi connectivity index (χ1) is 17.2. The Kier molecular flexibility index (Phi) is 0.395. The molecule has 0 N–H and O–H groups in total. The van der Waals surface area contributed by atoms with E-state index in [0.717, 1.165) is 0 Å². The van der Waals surface area contributed by atoms with Gasteiger partial charge in [0.15, 0.2) is 0 Å². The van der Waals surface area contributed by atoms with Gasteiger partial charge >= 0.3 is 188 Å². The molecule has 20 fully saturated rings. The molecule has 20 saturated heterocycles. The molecule has 0 aromatic heterocycles. The van der Waals surface area contributed by atoms with E-state index in [2.05, 4.69) is 36.4 Å². The topological polar surface area (TPSA) is 24.7 Å². The molecule has 8 unspecified atom stereocenters. The number of nitrogens with zero attached hydrogens (tertiary/aromatic N) is 2. The normalized spacial score (nSPS) is 117. The number of fused-ring (bicyclic) bond motifs is 20. The molecule has 21 aliphatic rings. The van der Waals surface area contributed by atoms with Gasteiger partial charge in [-0.1, -0.05) is 0 Å². The van der Waals surface area contributed by atoms with E-state index >= 15 is 0 Å². The van der Waals surface area contributed by atoms with Crippen LogP contribution in [0.15, 0.2) is 46.4 Å². The van der Waals surface area contributed by atoms with E-state index in [1.54, 1.807) is 5.39 Å². The molecule has 0 radical (unpaired) electrons. The second-order valence-electron chi connectivity index (χ2n) is 22.9. The Morgan fingerprint density at radius 1 is 0.472 bits per heavy atom. The molecule has 0 amide bonds. The number of rotatable bonds is 2. The first-order valence-electron chi connectivity index (χ1n) is 15.4. The predicted molar refractivity (Wildman–Crippen MR) is 130 cm³/mol. The van der Waals surface area contributed by atoms with Gasteiger partial charge in [-0.05, 0) is 0 Å². The van der Waals surface area contributed by atoms with E-state index in [1.807, 2.05) is 0 Å². The maximum absolute atomic E-state index is 6.39. The van der Waals surface area contributed by atoms with Gasteiger partial charge in [0.2, 0.25) is 0 Å². The van der Waals surface area contributed by atoms with Crippen LogP contribution in [0.3, 0.4) is 0 Å². The van der Waals surface area contributed by atoms with Crippen LogP contribution in [0, 0.1) is 0 Å². The Morgan fingerprint density at radius 2 is 0.833 bits per heavy atom. The molecule has 0 bridgehead atoms. The summed E-state index contributed by atoms with van der Waals surface area (Å²) < 4.78 is 1.24. The molecule has 0 saturated carbocycles. The van der Waals surface area contributed by atoms with Crippen LogP contribution in [0.1, 0.15) is 11.1 Å². The fourth-order valence-corrected chi connectivity index (χ4v) is 180. The third-order valence-corrected chi connectivity index (χ3v) is 116. The zero-order valence-corrected chi connectivity index (χ0v) is 21.7. The second kappa shape index (κ2) is 1.14. The molecule has 2 aromatic carbocycles. The van der Waals surface area contributed by atoms with Gasteiger partial charge in [0, 0.05) is 0 Å². The quantitative estimate of drug-likeness (QED) is 0.340. The van der Waals surface area contributed by atoms with Crippen molar-refractivity contribution in [3.63, 3.8) is 0 Å². The van der Waals surface area contributed by atoms with Gasteiger partial charge in [-0.15, -0.1) is 0 Å². The Labute approximate surface area is 187 Å². The van der Waals surface area contributed by atoms with Gasteiger partial charge < -0.3 is 0 Å². The summed E-state index contributed by atoms with van der Waals surface area (Å²) in [7, 11) is 0. The number of hydrogen-bond donors (Lipinski definition) is 0. The first kappa shape index (κ1) is 12.5. The van der Waals surface area contributed by atoms with Gasteiger partial charge in [0.25, 0.3) is 0 Å². The predicted octanol–water partition coefficient (Wildman–Crippen LogP) is 8.03. The van der Waals surface area contributed by atoms with Crippen molar-refractivity contribution in [2.24, 2.45) is 9.98 Å². The van der Waals surface area contributed by atoms with Crippen molar-refractivity contribution in [3.8, 4) is 0 Å². The standard InChI is InChI=1S/C22H14N2.2C5H5.2Fe/c1-2-10-16(9-1)23-21-18-13-5-7-15-8-6-14-19(20(15)18)22(21)24-17-11-3-4-12-17;2*1-2-4-5-3-1;;/h1-14H;2*1-5H;;. The third-order valence-electron chi connectivity index (χ3n) is 32.4. The molecule has 8 atom stereocenters. The molecular formula is C32H24Fe2N2. The minimum atomic E-state index is -3.27. The van der Waals surface area contributed by atoms with E-state index in [1.165, 1.54) is 115 Å². The van der Waals surface area contributed by atoms with Crippen molar-refractivity contribution in [3.05, 3.63) is 47.5 Å². The van der Waals surface area contributed by atoms with Gasteiger partial charge in [-0.2, -0.15) is 0 Å². The van der Waals surface area contributed by atoms with Gasteiger partial charge in [0.05, 0.1) is 0 Å². The fraction of sp³-hybridized carbons (Fsp3) is 0.625. The molecule has 36 heavy (non-hydrogen) atoms. The Hall–Kier alpha value is -0.921. The maximum atomic E-state index is 6.39. The van der Waals surface area contributed by atoms with Crippen LogP contribution < -0.4 is 0 Å². The van der Waals surface area contributed by atoms with Gasteiger partial charge in [-0.25, -0.2) is 0 Å². The van der Waals surface area contributed by atoms with Crippen LogP contribution in [-0.4, -0.2) is 20.3 Å². The molecule has 20 aliphatic heterocycles. The van der Waals surface area contributed by atoms with E-state index in [-0.39, 0.29) is 0 Å². The van der Waals surface area contributed by atoms with E-state index in [9.17, 15) is 0 Å². The Morgan fingerprint density at radius 3 is 1.11 bits per heavy atom. The zero-order chi connectivity index (χ0) is 21.1. The molecule has 23 rings (SSSR count). The summed E-state index contributed by atoms with van der Waals surface area (Å²) in [6.45, 7) is -6.55. The van der Waals surface area contributed by atoms with Crippen LogP contribution >= 0.6 is 0 Å². The van der Waals surface area contributed by atoms with Crippen molar-refractivity contribution < 1.29 is 13.0 Å². The van der Waals surface area contributed by atoms with Gasteiger partial charge in [0.1, 0.15) is 0 Å². The van der Waals surface area contributed by atoms with Crippen molar-refractivity contribution >= 4 is 22.2 Å². The van der Waals surface area contributed by atoms with Gasteiger partial charge in [-0.3, -0.25) is 0 Å². The summed E-state index contributed by atoms with van der Waals surface area (Å²) in [5.74, 6) is 0. The molecule has 1 aliphatic carbocycles. The average molecular weight is 548 g/mol. The molecule has 2 aromatic rings. The Bertz CT molecular complexity index is 2600. The molecule has 20 heterocycles. The summed E-state index contributed by atoms with van der Waals surface area (Å²) in [5, 5.41) is 3.01. The summed E-state index contributed by atoms with van der Waals surface area (Å²) in [6.07, 6.45) is 0. The second-order valence-corrected chi connectivity index (χ2v) is 70.0. The molecular weight excluding hydrogens is 524 g/mol. The summed E-state index contributed by atoms with van der Waals surface area (Å²) in [4.78, 5) is 36.9. The minimum absolute atomic E-state index is 0.620. The summed E-state index contributed by atoms with van der Waals surface area (Å²) in [5.41, 5.74) is 6.07. The van der Waals surface area contributed by atoms with Crippen LogP contribution in [0.25, 0.3) is 10.8 Å². The van der Waals surface area contributed by atoms with Crippen LogP contribution in [0.5, 0.6) is 0 Å². The number of benzene rings is 2. The van der Waals surface area contributed by atoms with Crippen LogP contribution in [0.4, 0.5) is 0 Å².